The van der Waals surface area contributed by atoms with Crippen LogP contribution in [0.5, 0.6) is 0 Å². The van der Waals surface area contributed by atoms with Crippen molar-refractivity contribution in [3.05, 3.63) is 63.2 Å². The molecule has 2 heteroatoms. The highest BCUT2D eigenvalue weighted by Crippen LogP contribution is 2.26. The zero-order valence-corrected chi connectivity index (χ0v) is 14.7. The van der Waals surface area contributed by atoms with Gasteiger partial charge in [-0.25, -0.2) is 0 Å². The Kier molecular flexibility index (Phi) is 4.74. The molecule has 2 aromatic carbocycles. The number of anilines is 1. The summed E-state index contributed by atoms with van der Waals surface area (Å²) in [7, 11) is 0. The van der Waals surface area contributed by atoms with E-state index in [0.717, 1.165) is 0 Å². The van der Waals surface area contributed by atoms with Crippen LogP contribution in [0.2, 0.25) is 0 Å². The van der Waals surface area contributed by atoms with Crippen LogP contribution in [0.15, 0.2) is 48.5 Å². The van der Waals surface area contributed by atoms with Crippen molar-refractivity contribution < 1.29 is 0 Å². The van der Waals surface area contributed by atoms with Crippen LogP contribution < -0.4 is 5.32 Å². The Hall–Kier alpha value is -1.03. The number of hydrogen-bond acceptors (Lipinski definition) is 1. The maximum Gasteiger partial charge on any atom is 0.0486 e. The maximum absolute atomic E-state index is 3.58. The van der Waals surface area contributed by atoms with Crippen LogP contribution in [0.25, 0.3) is 0 Å². The molecule has 106 valence electrons. The van der Waals surface area contributed by atoms with E-state index in [2.05, 4.69) is 104 Å². The van der Waals surface area contributed by atoms with Crippen LogP contribution in [0.4, 0.5) is 5.69 Å². The monoisotopic (exact) mass is 379 g/mol. The number of halogens is 1. The van der Waals surface area contributed by atoms with Gasteiger partial charge in [0.25, 0.3) is 0 Å². The summed E-state index contributed by atoms with van der Waals surface area (Å²) >= 11 is 2.37. The third kappa shape index (κ3) is 3.75. The van der Waals surface area contributed by atoms with Crippen molar-refractivity contribution in [2.45, 2.75) is 39.2 Å². The average Bonchev–Trinajstić information content (AvgIpc) is 2.40. The quantitative estimate of drug-likeness (QED) is 0.669. The molecule has 0 fully saturated rings. The van der Waals surface area contributed by atoms with Gasteiger partial charge in [-0.05, 0) is 58.2 Å². The lowest BCUT2D eigenvalue weighted by Crippen LogP contribution is -2.12. The Morgan fingerprint density at radius 1 is 0.950 bits per heavy atom. The van der Waals surface area contributed by atoms with Gasteiger partial charge in [0.1, 0.15) is 0 Å². The summed E-state index contributed by atoms with van der Waals surface area (Å²) in [6, 6.07) is 17.6. The van der Waals surface area contributed by atoms with Crippen LogP contribution in [-0.4, -0.2) is 0 Å². The second-order valence-corrected chi connectivity index (χ2v) is 7.38. The van der Waals surface area contributed by atoms with Gasteiger partial charge in [0.2, 0.25) is 0 Å². The van der Waals surface area contributed by atoms with E-state index in [1.807, 2.05) is 0 Å². The third-order valence-corrected chi connectivity index (χ3v) is 4.46. The molecule has 0 spiro atoms. The first kappa shape index (κ1) is 15.4. The van der Waals surface area contributed by atoms with E-state index in [1.165, 1.54) is 20.4 Å². The minimum Gasteiger partial charge on any atom is -0.378 e. The highest BCUT2D eigenvalue weighted by molar-refractivity contribution is 14.1. The van der Waals surface area contributed by atoms with E-state index in [1.54, 1.807) is 0 Å². The Balaban J connectivity index is 2.14. The molecular formula is C18H22IN. The summed E-state index contributed by atoms with van der Waals surface area (Å²) in [6.07, 6.45) is 0. The molecule has 1 unspecified atom stereocenters. The van der Waals surface area contributed by atoms with E-state index in [-0.39, 0.29) is 5.41 Å². The van der Waals surface area contributed by atoms with Crippen molar-refractivity contribution in [3.63, 3.8) is 0 Å². The summed E-state index contributed by atoms with van der Waals surface area (Å²) in [4.78, 5) is 0. The van der Waals surface area contributed by atoms with Gasteiger partial charge < -0.3 is 5.32 Å². The normalized spacial score (nSPS) is 13.1. The van der Waals surface area contributed by atoms with E-state index in [9.17, 15) is 0 Å². The standard InChI is InChI=1S/C18H22IN/c1-13(20-17-8-6-5-7-16(17)19)14-9-11-15(12-10-14)18(2,3)4/h5-13,20H,1-4H3. The van der Waals surface area contributed by atoms with Crippen LogP contribution in [0.1, 0.15) is 44.9 Å². The van der Waals surface area contributed by atoms with Crippen molar-refractivity contribution in [2.75, 3.05) is 5.32 Å². The van der Waals surface area contributed by atoms with Gasteiger partial charge in [-0.2, -0.15) is 0 Å². The second-order valence-electron chi connectivity index (χ2n) is 6.22. The molecule has 0 aliphatic carbocycles. The van der Waals surface area contributed by atoms with E-state index in [4.69, 9.17) is 0 Å². The van der Waals surface area contributed by atoms with Crippen molar-refractivity contribution in [3.8, 4) is 0 Å². The molecule has 0 aliphatic rings. The van der Waals surface area contributed by atoms with Gasteiger partial charge in [0.05, 0.1) is 0 Å². The third-order valence-electron chi connectivity index (χ3n) is 3.52. The molecule has 2 rings (SSSR count). The SMILES string of the molecule is CC(Nc1ccccc1I)c1ccc(C(C)(C)C)cc1. The Morgan fingerprint density at radius 3 is 2.10 bits per heavy atom. The highest BCUT2D eigenvalue weighted by atomic mass is 127. The molecule has 0 bridgehead atoms. The first-order valence-corrected chi connectivity index (χ1v) is 8.07. The average molecular weight is 379 g/mol. The first-order valence-electron chi connectivity index (χ1n) is 6.99. The number of benzene rings is 2. The van der Waals surface area contributed by atoms with Crippen LogP contribution in [0, 0.1) is 3.57 Å². The molecule has 0 aromatic heterocycles. The number of hydrogen-bond donors (Lipinski definition) is 1. The topological polar surface area (TPSA) is 12.0 Å². The van der Waals surface area contributed by atoms with E-state index >= 15 is 0 Å². The van der Waals surface area contributed by atoms with Gasteiger partial charge in [-0.3, -0.25) is 0 Å². The highest BCUT2D eigenvalue weighted by Gasteiger charge is 2.14. The summed E-state index contributed by atoms with van der Waals surface area (Å²) in [5.41, 5.74) is 4.10. The van der Waals surface area contributed by atoms with Crippen LogP contribution >= 0.6 is 22.6 Å². The van der Waals surface area contributed by atoms with Gasteiger partial charge in [0.15, 0.2) is 0 Å². The lowest BCUT2D eigenvalue weighted by molar-refractivity contribution is 0.589. The van der Waals surface area contributed by atoms with Crippen molar-refractivity contribution in [1.82, 2.24) is 0 Å². The minimum absolute atomic E-state index is 0.212. The van der Waals surface area contributed by atoms with Crippen molar-refractivity contribution in [1.29, 1.82) is 0 Å². The van der Waals surface area contributed by atoms with Crippen LogP contribution in [0.3, 0.4) is 0 Å². The predicted molar refractivity (Wildman–Crippen MR) is 96.3 cm³/mol. The molecule has 0 aliphatic heterocycles. The van der Waals surface area contributed by atoms with Crippen molar-refractivity contribution in [2.24, 2.45) is 0 Å². The fraction of sp³-hybridized carbons (Fsp3) is 0.333. The van der Waals surface area contributed by atoms with Gasteiger partial charge in [-0.15, -0.1) is 0 Å². The van der Waals surface area contributed by atoms with Crippen molar-refractivity contribution >= 4 is 28.3 Å². The molecule has 0 radical (unpaired) electrons. The molecule has 0 heterocycles. The smallest absolute Gasteiger partial charge is 0.0486 e. The Bertz CT molecular complexity index is 567. The van der Waals surface area contributed by atoms with E-state index in [0.29, 0.717) is 6.04 Å². The first-order chi connectivity index (χ1) is 9.38. The van der Waals surface area contributed by atoms with E-state index < -0.39 is 0 Å². The predicted octanol–water partition coefficient (Wildman–Crippen LogP) is 5.76. The summed E-state index contributed by atoms with van der Waals surface area (Å²) in [5, 5.41) is 3.58. The zero-order chi connectivity index (χ0) is 14.8. The molecule has 0 saturated carbocycles. The maximum atomic E-state index is 3.58. The molecular weight excluding hydrogens is 357 g/mol. The molecule has 20 heavy (non-hydrogen) atoms. The summed E-state index contributed by atoms with van der Waals surface area (Å²) in [5.74, 6) is 0. The molecule has 0 amide bonds. The van der Waals surface area contributed by atoms with Gasteiger partial charge >= 0.3 is 0 Å². The number of nitrogens with one attached hydrogen (secondary N) is 1. The van der Waals surface area contributed by atoms with Crippen LogP contribution in [-0.2, 0) is 5.41 Å². The fourth-order valence-corrected chi connectivity index (χ4v) is 2.71. The molecule has 2 aromatic rings. The molecule has 1 atom stereocenters. The zero-order valence-electron chi connectivity index (χ0n) is 12.6. The Labute approximate surface area is 135 Å². The largest absolute Gasteiger partial charge is 0.378 e. The summed E-state index contributed by atoms with van der Waals surface area (Å²) < 4.78 is 1.25. The fourth-order valence-electron chi connectivity index (χ4n) is 2.17. The lowest BCUT2D eigenvalue weighted by Gasteiger charge is -2.21. The van der Waals surface area contributed by atoms with Gasteiger partial charge in [0, 0.05) is 15.3 Å². The lowest BCUT2D eigenvalue weighted by atomic mass is 9.86. The minimum atomic E-state index is 0.212. The summed E-state index contributed by atoms with van der Waals surface area (Å²) in [6.45, 7) is 8.94. The molecule has 1 nitrogen and oxygen atoms in total. The second kappa shape index (κ2) is 6.17. The Morgan fingerprint density at radius 2 is 1.55 bits per heavy atom. The van der Waals surface area contributed by atoms with Gasteiger partial charge in [-0.1, -0.05) is 57.2 Å². The number of para-hydroxylation sites is 1. The number of rotatable bonds is 3. The molecule has 1 N–H and O–H groups in total. The molecule has 0 saturated heterocycles.